The SMILES string of the molecule is CC(=CC(=O)N1CCN(S(=O)(=O)c2ccc(Br)s2)CC1)c1ccccc1F. The molecule has 0 unspecified atom stereocenters. The zero-order chi connectivity index (χ0) is 19.6. The lowest BCUT2D eigenvalue weighted by molar-refractivity contribution is -0.127. The average molecular weight is 473 g/mol. The Kier molecular flexibility index (Phi) is 6.15. The Hall–Kier alpha value is -1.55. The van der Waals surface area contributed by atoms with Gasteiger partial charge in [-0.15, -0.1) is 11.3 Å². The number of hydrogen-bond acceptors (Lipinski definition) is 4. The van der Waals surface area contributed by atoms with Crippen molar-refractivity contribution in [2.75, 3.05) is 26.2 Å². The van der Waals surface area contributed by atoms with Crippen molar-refractivity contribution in [3.8, 4) is 0 Å². The Morgan fingerprint density at radius 2 is 1.81 bits per heavy atom. The van der Waals surface area contributed by atoms with E-state index in [1.165, 1.54) is 16.4 Å². The Labute approximate surface area is 170 Å². The molecule has 0 saturated carbocycles. The standard InChI is InChI=1S/C18H18BrFN2O3S2/c1-13(14-4-2-3-5-15(14)20)12-17(23)21-8-10-22(11-9-21)27(24,25)18-7-6-16(19)26-18/h2-7,12H,8-11H2,1H3. The monoisotopic (exact) mass is 472 g/mol. The fourth-order valence-corrected chi connectivity index (χ4v) is 6.43. The number of carbonyl (C=O) groups excluding carboxylic acids is 1. The van der Waals surface area contributed by atoms with E-state index in [2.05, 4.69) is 15.9 Å². The van der Waals surface area contributed by atoms with Gasteiger partial charge in [0.15, 0.2) is 0 Å². The number of hydrogen-bond donors (Lipinski definition) is 0. The van der Waals surface area contributed by atoms with Gasteiger partial charge in [-0.05, 0) is 46.6 Å². The maximum Gasteiger partial charge on any atom is 0.252 e. The molecule has 5 nitrogen and oxygen atoms in total. The van der Waals surface area contributed by atoms with Gasteiger partial charge in [-0.2, -0.15) is 4.31 Å². The molecule has 1 saturated heterocycles. The summed E-state index contributed by atoms with van der Waals surface area (Å²) in [5, 5.41) is 0. The summed E-state index contributed by atoms with van der Waals surface area (Å²) in [7, 11) is -3.54. The summed E-state index contributed by atoms with van der Waals surface area (Å²) >= 11 is 4.44. The molecule has 9 heteroatoms. The maximum atomic E-state index is 13.8. The number of thiophene rings is 1. The van der Waals surface area contributed by atoms with E-state index in [4.69, 9.17) is 0 Å². The van der Waals surface area contributed by atoms with Crippen LogP contribution in [0.1, 0.15) is 12.5 Å². The lowest BCUT2D eigenvalue weighted by atomic mass is 10.1. The van der Waals surface area contributed by atoms with Crippen LogP contribution in [0.15, 0.2) is 50.5 Å². The van der Waals surface area contributed by atoms with Crippen molar-refractivity contribution >= 4 is 48.8 Å². The van der Waals surface area contributed by atoms with Gasteiger partial charge >= 0.3 is 0 Å². The van der Waals surface area contributed by atoms with Crippen LogP contribution >= 0.6 is 27.3 Å². The number of halogens is 2. The van der Waals surface area contributed by atoms with Gasteiger partial charge in [0.2, 0.25) is 5.91 Å². The van der Waals surface area contributed by atoms with E-state index >= 15 is 0 Å². The maximum absolute atomic E-state index is 13.8. The minimum Gasteiger partial charge on any atom is -0.337 e. The predicted octanol–water partition coefficient (Wildman–Crippen LogP) is 3.59. The van der Waals surface area contributed by atoms with Crippen LogP contribution in [0.5, 0.6) is 0 Å². The first kappa shape index (κ1) is 20.2. The molecular formula is C18H18BrFN2O3S2. The molecule has 3 rings (SSSR count). The van der Waals surface area contributed by atoms with E-state index in [1.54, 1.807) is 42.2 Å². The number of amides is 1. The normalized spacial score (nSPS) is 16.6. The fourth-order valence-electron chi connectivity index (χ4n) is 2.85. The van der Waals surface area contributed by atoms with E-state index in [0.717, 1.165) is 15.1 Å². The van der Waals surface area contributed by atoms with E-state index in [9.17, 15) is 17.6 Å². The molecule has 27 heavy (non-hydrogen) atoms. The highest BCUT2D eigenvalue weighted by Gasteiger charge is 2.30. The molecule has 0 bridgehead atoms. The minimum atomic E-state index is -3.54. The molecule has 0 atom stereocenters. The van der Waals surface area contributed by atoms with Gasteiger partial charge < -0.3 is 4.90 Å². The van der Waals surface area contributed by atoms with Crippen molar-refractivity contribution in [1.29, 1.82) is 0 Å². The Morgan fingerprint density at radius 1 is 1.15 bits per heavy atom. The summed E-state index contributed by atoms with van der Waals surface area (Å²) in [6, 6.07) is 9.56. The quantitative estimate of drug-likeness (QED) is 0.638. The van der Waals surface area contributed by atoms with Crippen LogP contribution in [0.4, 0.5) is 4.39 Å². The summed E-state index contributed by atoms with van der Waals surface area (Å²) in [5.41, 5.74) is 0.923. The highest BCUT2D eigenvalue weighted by atomic mass is 79.9. The number of rotatable bonds is 4. The van der Waals surface area contributed by atoms with Crippen molar-refractivity contribution in [1.82, 2.24) is 9.21 Å². The van der Waals surface area contributed by atoms with Crippen LogP contribution in [0, 0.1) is 5.82 Å². The van der Waals surface area contributed by atoms with Crippen LogP contribution in [0.3, 0.4) is 0 Å². The number of sulfonamides is 1. The van der Waals surface area contributed by atoms with Gasteiger partial charge in [0.25, 0.3) is 10.0 Å². The molecule has 1 fully saturated rings. The fraction of sp³-hybridized carbons (Fsp3) is 0.278. The highest BCUT2D eigenvalue weighted by molar-refractivity contribution is 9.11. The molecule has 0 N–H and O–H groups in total. The molecule has 1 aliphatic heterocycles. The lowest BCUT2D eigenvalue weighted by Gasteiger charge is -2.33. The summed E-state index contributed by atoms with van der Waals surface area (Å²) < 4.78 is 41.5. The molecule has 1 aromatic carbocycles. The molecular weight excluding hydrogens is 455 g/mol. The van der Waals surface area contributed by atoms with Crippen LogP contribution < -0.4 is 0 Å². The molecule has 144 valence electrons. The number of piperazine rings is 1. The van der Waals surface area contributed by atoms with Crippen molar-refractivity contribution < 1.29 is 17.6 Å². The number of carbonyl (C=O) groups is 1. The topological polar surface area (TPSA) is 57.7 Å². The van der Waals surface area contributed by atoms with E-state index in [0.29, 0.717) is 24.2 Å². The third-order valence-electron chi connectivity index (χ3n) is 4.33. The van der Waals surface area contributed by atoms with Crippen molar-refractivity contribution in [2.45, 2.75) is 11.1 Å². The van der Waals surface area contributed by atoms with Crippen LogP contribution in [-0.2, 0) is 14.8 Å². The smallest absolute Gasteiger partial charge is 0.252 e. The first-order chi connectivity index (χ1) is 12.8. The third-order valence-corrected chi connectivity index (χ3v) is 8.32. The first-order valence-electron chi connectivity index (χ1n) is 8.26. The lowest BCUT2D eigenvalue weighted by Crippen LogP contribution is -2.50. The summed E-state index contributed by atoms with van der Waals surface area (Å²) in [6.45, 7) is 2.75. The third kappa shape index (κ3) is 4.48. The van der Waals surface area contributed by atoms with Gasteiger partial charge in [-0.25, -0.2) is 12.8 Å². The van der Waals surface area contributed by atoms with E-state index < -0.39 is 10.0 Å². The number of benzene rings is 1. The zero-order valence-corrected chi connectivity index (χ0v) is 17.8. The molecule has 0 radical (unpaired) electrons. The van der Waals surface area contributed by atoms with Gasteiger partial charge in [0, 0.05) is 37.8 Å². The Balaban J connectivity index is 1.66. The Bertz CT molecular complexity index is 980. The zero-order valence-electron chi connectivity index (χ0n) is 14.6. The summed E-state index contributed by atoms with van der Waals surface area (Å²) in [6.07, 6.45) is 1.40. The van der Waals surface area contributed by atoms with Crippen molar-refractivity contribution in [3.05, 3.63) is 57.6 Å². The molecule has 0 spiro atoms. The van der Waals surface area contributed by atoms with Gasteiger partial charge in [0.1, 0.15) is 10.0 Å². The molecule has 1 amide bonds. The molecule has 1 aromatic heterocycles. The second-order valence-electron chi connectivity index (χ2n) is 6.10. The van der Waals surface area contributed by atoms with Crippen molar-refractivity contribution in [2.24, 2.45) is 0 Å². The second kappa shape index (κ2) is 8.22. The van der Waals surface area contributed by atoms with Gasteiger partial charge in [-0.3, -0.25) is 4.79 Å². The van der Waals surface area contributed by atoms with Crippen LogP contribution in [0.25, 0.3) is 5.57 Å². The minimum absolute atomic E-state index is 0.232. The average Bonchev–Trinajstić information content (AvgIpc) is 3.09. The molecule has 2 aromatic rings. The second-order valence-corrected chi connectivity index (χ2v) is 10.7. The molecule has 2 heterocycles. The number of nitrogens with zero attached hydrogens (tertiary/aromatic N) is 2. The first-order valence-corrected chi connectivity index (χ1v) is 11.3. The van der Waals surface area contributed by atoms with E-state index in [1.807, 2.05) is 0 Å². The number of allylic oxidation sites excluding steroid dienone is 1. The van der Waals surface area contributed by atoms with Crippen LogP contribution in [-0.4, -0.2) is 49.7 Å². The van der Waals surface area contributed by atoms with E-state index in [-0.39, 0.29) is 29.0 Å². The van der Waals surface area contributed by atoms with Crippen LogP contribution in [0.2, 0.25) is 0 Å². The highest BCUT2D eigenvalue weighted by Crippen LogP contribution is 2.29. The molecule has 0 aliphatic carbocycles. The van der Waals surface area contributed by atoms with Gasteiger partial charge in [-0.1, -0.05) is 18.2 Å². The van der Waals surface area contributed by atoms with Crippen molar-refractivity contribution in [3.63, 3.8) is 0 Å². The summed E-state index contributed by atoms with van der Waals surface area (Å²) in [4.78, 5) is 14.1. The Morgan fingerprint density at radius 3 is 2.41 bits per heavy atom. The summed E-state index contributed by atoms with van der Waals surface area (Å²) in [5.74, 6) is -0.622. The molecule has 1 aliphatic rings. The largest absolute Gasteiger partial charge is 0.337 e. The van der Waals surface area contributed by atoms with Gasteiger partial charge in [0.05, 0.1) is 3.79 Å². The predicted molar refractivity (Wildman–Crippen MR) is 107 cm³/mol.